The molecule has 0 amide bonds. The Morgan fingerprint density at radius 2 is 1.67 bits per heavy atom. The quantitative estimate of drug-likeness (QED) is 0.823. The average Bonchev–Trinajstić information content (AvgIpc) is 2.59. The lowest BCUT2D eigenvalue weighted by atomic mass is 10.0. The normalized spacial score (nSPS) is 21.8. The molecule has 1 heterocycles. The van der Waals surface area contributed by atoms with Crippen molar-refractivity contribution in [2.24, 2.45) is 0 Å². The van der Waals surface area contributed by atoms with Gasteiger partial charge in [0.25, 0.3) is 0 Å². The molecule has 2 aromatic carbocycles. The number of hydrogen-bond donors (Lipinski definition) is 1. The van der Waals surface area contributed by atoms with Crippen LogP contribution in [0.25, 0.3) is 11.1 Å². The van der Waals surface area contributed by atoms with E-state index in [1.165, 1.54) is 16.7 Å². The molecule has 24 heavy (non-hydrogen) atoms. The largest absolute Gasteiger partial charge is 0.373 e. The second kappa shape index (κ2) is 8.43. The van der Waals surface area contributed by atoms with Gasteiger partial charge in [0.2, 0.25) is 0 Å². The second-order valence-electron chi connectivity index (χ2n) is 6.76. The summed E-state index contributed by atoms with van der Waals surface area (Å²) in [5, 5.41) is 3.57. The Bertz CT molecular complexity index is 619. The third kappa shape index (κ3) is 4.91. The number of nitrogens with one attached hydrogen (secondary N) is 1. The van der Waals surface area contributed by atoms with Gasteiger partial charge in [-0.05, 0) is 36.6 Å². The molecule has 1 fully saturated rings. The van der Waals surface area contributed by atoms with Crippen LogP contribution in [-0.4, -0.2) is 43.3 Å². The van der Waals surface area contributed by atoms with Gasteiger partial charge >= 0.3 is 0 Å². The molecular weight excluding hydrogens is 296 g/mol. The molecule has 2 aromatic rings. The molecule has 1 aliphatic rings. The van der Waals surface area contributed by atoms with Crippen LogP contribution in [-0.2, 0) is 11.3 Å². The van der Waals surface area contributed by atoms with Crippen molar-refractivity contribution in [2.75, 3.05) is 26.2 Å². The van der Waals surface area contributed by atoms with Crippen molar-refractivity contribution in [2.45, 2.75) is 32.6 Å². The van der Waals surface area contributed by atoms with E-state index in [9.17, 15) is 0 Å². The van der Waals surface area contributed by atoms with E-state index in [1.54, 1.807) is 0 Å². The Hall–Kier alpha value is -1.68. The summed E-state index contributed by atoms with van der Waals surface area (Å²) in [6.07, 6.45) is 0.688. The molecule has 3 heteroatoms. The second-order valence-corrected chi connectivity index (χ2v) is 6.76. The molecule has 0 bridgehead atoms. The van der Waals surface area contributed by atoms with Crippen LogP contribution in [0.2, 0.25) is 0 Å². The van der Waals surface area contributed by atoms with Crippen LogP contribution in [0.3, 0.4) is 0 Å². The van der Waals surface area contributed by atoms with E-state index >= 15 is 0 Å². The first kappa shape index (κ1) is 17.2. The minimum absolute atomic E-state index is 0.344. The molecule has 128 valence electrons. The summed E-state index contributed by atoms with van der Waals surface area (Å²) in [6.45, 7) is 9.39. The summed E-state index contributed by atoms with van der Waals surface area (Å²) in [5.74, 6) is 0. The molecule has 0 spiro atoms. The predicted octanol–water partition coefficient (Wildman–Crippen LogP) is 3.55. The van der Waals surface area contributed by atoms with Gasteiger partial charge < -0.3 is 10.1 Å². The predicted molar refractivity (Wildman–Crippen MR) is 100 cm³/mol. The summed E-state index contributed by atoms with van der Waals surface area (Å²) in [4.78, 5) is 2.49. The van der Waals surface area contributed by atoms with Crippen molar-refractivity contribution in [3.8, 4) is 11.1 Å². The van der Waals surface area contributed by atoms with E-state index in [2.05, 4.69) is 78.7 Å². The molecule has 0 unspecified atom stereocenters. The van der Waals surface area contributed by atoms with Gasteiger partial charge in [-0.2, -0.15) is 0 Å². The number of ether oxygens (including phenoxy) is 1. The Labute approximate surface area is 145 Å². The lowest BCUT2D eigenvalue weighted by Gasteiger charge is -2.35. The standard InChI is InChI=1S/C21H28N2O/c1-17-15-23(16-18(2)24-17)12-11-22-14-19-7-6-10-21(13-19)20-8-4-3-5-9-20/h3-10,13,17-18,22H,11-12,14-16H2,1-2H3/t17-,18-/m1/s1. The zero-order valence-electron chi connectivity index (χ0n) is 14.7. The Morgan fingerprint density at radius 3 is 2.42 bits per heavy atom. The lowest BCUT2D eigenvalue weighted by Crippen LogP contribution is -2.47. The van der Waals surface area contributed by atoms with E-state index in [-0.39, 0.29) is 0 Å². The van der Waals surface area contributed by atoms with E-state index < -0.39 is 0 Å². The van der Waals surface area contributed by atoms with Crippen molar-refractivity contribution in [3.05, 3.63) is 60.2 Å². The Balaban J connectivity index is 1.47. The third-order valence-corrected chi connectivity index (χ3v) is 4.46. The molecule has 3 rings (SSSR count). The van der Waals surface area contributed by atoms with Gasteiger partial charge in [0.05, 0.1) is 12.2 Å². The molecule has 0 saturated carbocycles. The fourth-order valence-electron chi connectivity index (χ4n) is 3.43. The minimum atomic E-state index is 0.344. The fourth-order valence-corrected chi connectivity index (χ4v) is 3.43. The molecular formula is C21H28N2O. The van der Waals surface area contributed by atoms with Crippen LogP contribution in [0.1, 0.15) is 19.4 Å². The molecule has 0 aromatic heterocycles. The van der Waals surface area contributed by atoms with Crippen molar-refractivity contribution < 1.29 is 4.74 Å². The summed E-state index contributed by atoms with van der Waals surface area (Å²) in [7, 11) is 0. The fraction of sp³-hybridized carbons (Fsp3) is 0.429. The van der Waals surface area contributed by atoms with E-state index in [0.717, 1.165) is 32.7 Å². The van der Waals surface area contributed by atoms with Crippen molar-refractivity contribution in [1.29, 1.82) is 0 Å². The number of nitrogens with zero attached hydrogens (tertiary/aromatic N) is 1. The van der Waals surface area contributed by atoms with Gasteiger partial charge in [-0.1, -0.05) is 48.5 Å². The molecule has 1 saturated heterocycles. The molecule has 1 aliphatic heterocycles. The van der Waals surface area contributed by atoms with Crippen LogP contribution in [0.15, 0.2) is 54.6 Å². The van der Waals surface area contributed by atoms with Crippen LogP contribution >= 0.6 is 0 Å². The first-order valence-electron chi connectivity index (χ1n) is 8.93. The average molecular weight is 324 g/mol. The van der Waals surface area contributed by atoms with E-state index in [0.29, 0.717) is 12.2 Å². The van der Waals surface area contributed by atoms with Gasteiger partial charge in [0, 0.05) is 32.7 Å². The highest BCUT2D eigenvalue weighted by Crippen LogP contribution is 2.19. The number of rotatable bonds is 6. The smallest absolute Gasteiger partial charge is 0.0678 e. The molecule has 0 aliphatic carbocycles. The maximum absolute atomic E-state index is 5.79. The zero-order chi connectivity index (χ0) is 16.8. The number of benzene rings is 2. The van der Waals surface area contributed by atoms with Gasteiger partial charge in [-0.3, -0.25) is 4.90 Å². The van der Waals surface area contributed by atoms with Crippen LogP contribution in [0, 0.1) is 0 Å². The van der Waals surface area contributed by atoms with Gasteiger partial charge in [0.15, 0.2) is 0 Å². The topological polar surface area (TPSA) is 24.5 Å². The van der Waals surface area contributed by atoms with E-state index in [4.69, 9.17) is 4.74 Å². The monoisotopic (exact) mass is 324 g/mol. The lowest BCUT2D eigenvalue weighted by molar-refractivity contribution is -0.0674. The SMILES string of the molecule is C[C@@H]1CN(CCNCc2cccc(-c3ccccc3)c2)C[C@@H](C)O1. The Kier molecular flexibility index (Phi) is 6.02. The van der Waals surface area contributed by atoms with Gasteiger partial charge in [-0.25, -0.2) is 0 Å². The number of morpholine rings is 1. The van der Waals surface area contributed by atoms with Crippen molar-refractivity contribution in [1.82, 2.24) is 10.2 Å². The molecule has 0 radical (unpaired) electrons. The van der Waals surface area contributed by atoms with Crippen molar-refractivity contribution >= 4 is 0 Å². The van der Waals surface area contributed by atoms with Gasteiger partial charge in [0.1, 0.15) is 0 Å². The maximum atomic E-state index is 5.79. The first-order chi connectivity index (χ1) is 11.7. The first-order valence-corrected chi connectivity index (χ1v) is 8.93. The molecule has 2 atom stereocenters. The van der Waals surface area contributed by atoms with Crippen molar-refractivity contribution in [3.63, 3.8) is 0 Å². The summed E-state index contributed by atoms with van der Waals surface area (Å²) < 4.78 is 5.79. The molecule has 3 nitrogen and oxygen atoms in total. The van der Waals surface area contributed by atoms with Crippen LogP contribution in [0.5, 0.6) is 0 Å². The zero-order valence-corrected chi connectivity index (χ0v) is 14.7. The molecule has 1 N–H and O–H groups in total. The third-order valence-electron chi connectivity index (χ3n) is 4.46. The summed E-state index contributed by atoms with van der Waals surface area (Å²) in [6, 6.07) is 19.3. The summed E-state index contributed by atoms with van der Waals surface area (Å²) >= 11 is 0. The summed E-state index contributed by atoms with van der Waals surface area (Å²) in [5.41, 5.74) is 3.89. The Morgan fingerprint density at radius 1 is 0.958 bits per heavy atom. The van der Waals surface area contributed by atoms with Crippen LogP contribution in [0.4, 0.5) is 0 Å². The highest BCUT2D eigenvalue weighted by Gasteiger charge is 2.21. The maximum Gasteiger partial charge on any atom is 0.0678 e. The minimum Gasteiger partial charge on any atom is -0.373 e. The van der Waals surface area contributed by atoms with Crippen LogP contribution < -0.4 is 5.32 Å². The van der Waals surface area contributed by atoms with Gasteiger partial charge in [-0.15, -0.1) is 0 Å². The highest BCUT2D eigenvalue weighted by molar-refractivity contribution is 5.63. The highest BCUT2D eigenvalue weighted by atomic mass is 16.5. The van der Waals surface area contributed by atoms with E-state index in [1.807, 2.05) is 0 Å². The number of hydrogen-bond acceptors (Lipinski definition) is 3.